The van der Waals surface area contributed by atoms with Gasteiger partial charge in [0.2, 0.25) is 0 Å². The van der Waals surface area contributed by atoms with Crippen LogP contribution in [0.3, 0.4) is 0 Å². The molecule has 6 heteroatoms. The topological polar surface area (TPSA) is 49.3 Å². The molecule has 0 spiro atoms. The number of benzene rings is 1. The van der Waals surface area contributed by atoms with Crippen LogP contribution in [0.2, 0.25) is 0 Å². The maximum atomic E-state index is 5.54. The molecule has 156 valence electrons. The lowest BCUT2D eigenvalue weighted by Crippen LogP contribution is -2.42. The first-order valence-electron chi connectivity index (χ1n) is 10.7. The predicted molar refractivity (Wildman–Crippen MR) is 114 cm³/mol. The SMILES string of the molecule is CCNC(=NCC(c1ccc(OC)cc1)N1CCCC1)N(C)CC1CCOC1. The van der Waals surface area contributed by atoms with Crippen LogP contribution in [0.1, 0.15) is 37.8 Å². The number of aliphatic imine (C=N–C) groups is 1. The van der Waals surface area contributed by atoms with Crippen molar-refractivity contribution in [1.29, 1.82) is 0 Å². The molecular weight excluding hydrogens is 352 g/mol. The van der Waals surface area contributed by atoms with Gasteiger partial charge in [0.15, 0.2) is 5.96 Å². The summed E-state index contributed by atoms with van der Waals surface area (Å²) in [5.74, 6) is 2.50. The predicted octanol–water partition coefficient (Wildman–Crippen LogP) is 2.77. The molecular formula is C22H36N4O2. The van der Waals surface area contributed by atoms with Crippen molar-refractivity contribution in [3.05, 3.63) is 29.8 Å². The van der Waals surface area contributed by atoms with Gasteiger partial charge in [-0.15, -0.1) is 0 Å². The third-order valence-electron chi connectivity index (χ3n) is 5.75. The van der Waals surface area contributed by atoms with Gasteiger partial charge >= 0.3 is 0 Å². The standard InChI is InChI=1S/C22H36N4O2/c1-4-23-22(25(2)16-18-11-14-28-17-18)24-15-21(26-12-5-6-13-26)19-7-9-20(27-3)10-8-19/h7-10,18,21H,4-6,11-17H2,1-3H3,(H,23,24). The smallest absolute Gasteiger partial charge is 0.193 e. The van der Waals surface area contributed by atoms with Gasteiger partial charge < -0.3 is 19.7 Å². The molecule has 2 fully saturated rings. The summed E-state index contributed by atoms with van der Waals surface area (Å²) < 4.78 is 10.9. The number of hydrogen-bond donors (Lipinski definition) is 1. The zero-order valence-corrected chi connectivity index (χ0v) is 17.7. The fourth-order valence-electron chi connectivity index (χ4n) is 4.15. The zero-order chi connectivity index (χ0) is 19.8. The van der Waals surface area contributed by atoms with Crippen molar-refractivity contribution in [2.45, 2.75) is 32.2 Å². The normalized spacial score (nSPS) is 21.7. The van der Waals surface area contributed by atoms with Crippen LogP contribution in [-0.2, 0) is 4.74 Å². The molecule has 2 saturated heterocycles. The average molecular weight is 389 g/mol. The minimum atomic E-state index is 0.310. The molecule has 0 radical (unpaired) electrons. The zero-order valence-electron chi connectivity index (χ0n) is 17.7. The highest BCUT2D eigenvalue weighted by atomic mass is 16.5. The first-order valence-corrected chi connectivity index (χ1v) is 10.7. The summed E-state index contributed by atoms with van der Waals surface area (Å²) in [6.07, 6.45) is 3.70. The molecule has 1 N–H and O–H groups in total. The molecule has 1 aromatic carbocycles. The molecule has 0 amide bonds. The molecule has 2 aliphatic heterocycles. The number of guanidine groups is 1. The van der Waals surface area contributed by atoms with Crippen molar-refractivity contribution in [1.82, 2.24) is 15.1 Å². The highest BCUT2D eigenvalue weighted by molar-refractivity contribution is 5.79. The van der Waals surface area contributed by atoms with E-state index in [0.29, 0.717) is 12.0 Å². The molecule has 0 saturated carbocycles. The van der Waals surface area contributed by atoms with Gasteiger partial charge in [0, 0.05) is 32.7 Å². The van der Waals surface area contributed by atoms with E-state index in [2.05, 4.69) is 53.4 Å². The largest absolute Gasteiger partial charge is 0.497 e. The summed E-state index contributed by atoms with van der Waals surface area (Å²) in [5.41, 5.74) is 1.31. The van der Waals surface area contributed by atoms with E-state index in [1.165, 1.54) is 18.4 Å². The second kappa shape index (κ2) is 10.7. The van der Waals surface area contributed by atoms with E-state index in [4.69, 9.17) is 14.5 Å². The molecule has 0 aromatic heterocycles. The second-order valence-corrected chi connectivity index (χ2v) is 7.84. The second-order valence-electron chi connectivity index (χ2n) is 7.84. The number of nitrogens with one attached hydrogen (secondary N) is 1. The minimum Gasteiger partial charge on any atom is -0.497 e. The summed E-state index contributed by atoms with van der Waals surface area (Å²) in [5, 5.41) is 3.47. The van der Waals surface area contributed by atoms with Crippen LogP contribution in [-0.4, -0.2) is 75.9 Å². The molecule has 1 aromatic rings. The van der Waals surface area contributed by atoms with Gasteiger partial charge in [-0.3, -0.25) is 9.89 Å². The molecule has 0 bridgehead atoms. The summed E-state index contributed by atoms with van der Waals surface area (Å²) in [4.78, 5) is 9.87. The number of likely N-dealkylation sites (tertiary alicyclic amines) is 1. The lowest BCUT2D eigenvalue weighted by molar-refractivity contribution is 0.181. The van der Waals surface area contributed by atoms with Crippen molar-refractivity contribution in [2.75, 3.05) is 60.1 Å². The van der Waals surface area contributed by atoms with Crippen molar-refractivity contribution in [3.63, 3.8) is 0 Å². The monoisotopic (exact) mass is 388 g/mol. The van der Waals surface area contributed by atoms with Gasteiger partial charge in [-0.2, -0.15) is 0 Å². The van der Waals surface area contributed by atoms with Crippen LogP contribution >= 0.6 is 0 Å². The van der Waals surface area contributed by atoms with E-state index in [9.17, 15) is 0 Å². The van der Waals surface area contributed by atoms with Gasteiger partial charge in [-0.25, -0.2) is 0 Å². The highest BCUT2D eigenvalue weighted by Crippen LogP contribution is 2.27. The van der Waals surface area contributed by atoms with Crippen molar-refractivity contribution < 1.29 is 9.47 Å². The summed E-state index contributed by atoms with van der Waals surface area (Å²) in [7, 11) is 3.85. The molecule has 2 unspecified atom stereocenters. The molecule has 2 heterocycles. The van der Waals surface area contributed by atoms with Gasteiger partial charge in [-0.05, 0) is 57.0 Å². The number of rotatable bonds is 8. The Morgan fingerprint density at radius 1 is 1.32 bits per heavy atom. The minimum absolute atomic E-state index is 0.310. The first kappa shape index (κ1) is 20.9. The van der Waals surface area contributed by atoms with Crippen molar-refractivity contribution in [2.24, 2.45) is 10.9 Å². The van der Waals surface area contributed by atoms with Gasteiger partial charge in [0.25, 0.3) is 0 Å². The Bertz CT molecular complexity index is 607. The maximum Gasteiger partial charge on any atom is 0.193 e. The van der Waals surface area contributed by atoms with E-state index in [0.717, 1.165) is 64.1 Å². The number of methoxy groups -OCH3 is 1. The van der Waals surface area contributed by atoms with Crippen LogP contribution < -0.4 is 10.1 Å². The Kier molecular flexibility index (Phi) is 7.98. The number of nitrogens with zero attached hydrogens (tertiary/aromatic N) is 3. The molecule has 3 rings (SSSR count). The van der Waals surface area contributed by atoms with Crippen LogP contribution in [0.15, 0.2) is 29.3 Å². The number of ether oxygens (including phenoxy) is 2. The van der Waals surface area contributed by atoms with E-state index >= 15 is 0 Å². The Hall–Kier alpha value is -1.79. The maximum absolute atomic E-state index is 5.54. The van der Waals surface area contributed by atoms with Gasteiger partial charge in [-0.1, -0.05) is 12.1 Å². The van der Waals surface area contributed by atoms with E-state index in [1.54, 1.807) is 7.11 Å². The van der Waals surface area contributed by atoms with Crippen LogP contribution in [0.5, 0.6) is 5.75 Å². The molecule has 6 nitrogen and oxygen atoms in total. The first-order chi connectivity index (χ1) is 13.7. The highest BCUT2D eigenvalue weighted by Gasteiger charge is 2.24. The summed E-state index contributed by atoms with van der Waals surface area (Å²) in [6.45, 7) is 8.82. The Balaban J connectivity index is 1.72. The Labute approximate surface area is 169 Å². The van der Waals surface area contributed by atoms with Crippen LogP contribution in [0, 0.1) is 5.92 Å². The lowest BCUT2D eigenvalue weighted by Gasteiger charge is -2.29. The van der Waals surface area contributed by atoms with E-state index in [-0.39, 0.29) is 0 Å². The van der Waals surface area contributed by atoms with Crippen molar-refractivity contribution >= 4 is 5.96 Å². The third kappa shape index (κ3) is 5.61. The van der Waals surface area contributed by atoms with E-state index in [1.807, 2.05) is 0 Å². The van der Waals surface area contributed by atoms with Crippen LogP contribution in [0.25, 0.3) is 0 Å². The summed E-state index contributed by atoms with van der Waals surface area (Å²) in [6, 6.07) is 8.79. The summed E-state index contributed by atoms with van der Waals surface area (Å²) >= 11 is 0. The fraction of sp³-hybridized carbons (Fsp3) is 0.682. The molecule has 0 aliphatic carbocycles. The van der Waals surface area contributed by atoms with Gasteiger partial charge in [0.05, 0.1) is 26.3 Å². The Morgan fingerprint density at radius 3 is 2.68 bits per heavy atom. The van der Waals surface area contributed by atoms with Crippen LogP contribution in [0.4, 0.5) is 0 Å². The average Bonchev–Trinajstić information content (AvgIpc) is 3.42. The molecule has 28 heavy (non-hydrogen) atoms. The third-order valence-corrected chi connectivity index (χ3v) is 5.75. The lowest BCUT2D eigenvalue weighted by atomic mass is 10.1. The van der Waals surface area contributed by atoms with E-state index < -0.39 is 0 Å². The fourth-order valence-corrected chi connectivity index (χ4v) is 4.15. The molecule has 2 atom stereocenters. The molecule has 2 aliphatic rings. The number of hydrogen-bond acceptors (Lipinski definition) is 4. The van der Waals surface area contributed by atoms with Crippen molar-refractivity contribution in [3.8, 4) is 5.75 Å². The Morgan fingerprint density at radius 2 is 2.07 bits per heavy atom. The quantitative estimate of drug-likeness (QED) is 0.548. The van der Waals surface area contributed by atoms with Gasteiger partial charge in [0.1, 0.15) is 5.75 Å².